The minimum atomic E-state index is -4.75. The third-order valence-corrected chi connectivity index (χ3v) is 7.98. The Labute approximate surface area is 200 Å². The fraction of sp³-hybridized carbons (Fsp3) is 0.826. The van der Waals surface area contributed by atoms with Crippen molar-refractivity contribution in [2.24, 2.45) is 22.1 Å². The van der Waals surface area contributed by atoms with Crippen molar-refractivity contribution < 1.29 is 38.6 Å². The van der Waals surface area contributed by atoms with E-state index in [0.29, 0.717) is 6.42 Å². The average Bonchev–Trinajstić information content (AvgIpc) is 3.03. The van der Waals surface area contributed by atoms with Crippen LogP contribution in [0.3, 0.4) is 0 Å². The summed E-state index contributed by atoms with van der Waals surface area (Å²) in [5, 5.41) is 21.6. The van der Waals surface area contributed by atoms with Crippen molar-refractivity contribution in [3.05, 3.63) is 12.2 Å². The van der Waals surface area contributed by atoms with Crippen LogP contribution in [-0.4, -0.2) is 62.8 Å². The van der Waals surface area contributed by atoms with E-state index < -0.39 is 44.3 Å². The van der Waals surface area contributed by atoms with E-state index in [2.05, 4.69) is 9.52 Å². The molecule has 0 aromatic carbocycles. The number of hydrogen-bond acceptors (Lipinski definition) is 7. The van der Waals surface area contributed by atoms with Crippen LogP contribution in [0.15, 0.2) is 17.1 Å². The number of hydrogen-bond donors (Lipinski definition) is 5. The van der Waals surface area contributed by atoms with Gasteiger partial charge >= 0.3 is 7.82 Å². The van der Waals surface area contributed by atoms with Gasteiger partial charge in [0, 0.05) is 6.42 Å². The van der Waals surface area contributed by atoms with Crippen LogP contribution in [0.25, 0.3) is 0 Å². The summed E-state index contributed by atoms with van der Waals surface area (Å²) < 4.78 is 21.8. The Balaban J connectivity index is 1.92. The van der Waals surface area contributed by atoms with Gasteiger partial charge in [0.1, 0.15) is 24.1 Å². The molecule has 3 aliphatic rings. The smallest absolute Gasteiger partial charge is 0.388 e. The quantitative estimate of drug-likeness (QED) is 0.362. The number of nitrogens with two attached hydrogens (primary N) is 1. The third-order valence-electron chi connectivity index (χ3n) is 7.49. The van der Waals surface area contributed by atoms with Gasteiger partial charge in [-0.3, -0.25) is 9.32 Å². The first kappa shape index (κ1) is 27.5. The fourth-order valence-corrected chi connectivity index (χ4v) is 6.03. The summed E-state index contributed by atoms with van der Waals surface area (Å²) in [4.78, 5) is 34.3. The van der Waals surface area contributed by atoms with E-state index in [1.165, 1.54) is 12.8 Å². The van der Waals surface area contributed by atoms with E-state index in [-0.39, 0.29) is 24.1 Å². The highest BCUT2D eigenvalue weighted by atomic mass is 31.2. The van der Waals surface area contributed by atoms with E-state index >= 15 is 0 Å². The molecule has 2 heterocycles. The molecule has 11 heteroatoms. The van der Waals surface area contributed by atoms with Crippen LogP contribution in [0.1, 0.15) is 77.0 Å². The van der Waals surface area contributed by atoms with E-state index in [1.807, 2.05) is 6.08 Å². The average molecular weight is 503 g/mol. The van der Waals surface area contributed by atoms with Gasteiger partial charge in [0.25, 0.3) is 0 Å². The molecule has 6 N–H and O–H groups in total. The van der Waals surface area contributed by atoms with E-state index in [0.717, 1.165) is 51.4 Å². The lowest BCUT2D eigenvalue weighted by Crippen LogP contribution is -2.44. The topological polar surface area (TPSA) is 172 Å². The second kappa shape index (κ2) is 12.2. The second-order valence-electron chi connectivity index (χ2n) is 9.88. The Morgan fingerprint density at radius 1 is 1.06 bits per heavy atom. The summed E-state index contributed by atoms with van der Waals surface area (Å²) in [5.41, 5.74) is 5.44. The van der Waals surface area contributed by atoms with Crippen LogP contribution in [0.4, 0.5) is 0 Å². The van der Waals surface area contributed by atoms with Gasteiger partial charge in [-0.1, -0.05) is 57.4 Å². The van der Waals surface area contributed by atoms with E-state index in [9.17, 15) is 19.6 Å². The predicted octanol–water partition coefficient (Wildman–Crippen LogP) is 2.34. The summed E-state index contributed by atoms with van der Waals surface area (Å²) >= 11 is 0. The first-order valence-electron chi connectivity index (χ1n) is 12.4. The van der Waals surface area contributed by atoms with Gasteiger partial charge in [0.05, 0.1) is 12.7 Å². The number of carbonyl (C=O) groups excluding carboxylic acids is 1. The first-order chi connectivity index (χ1) is 16.1. The van der Waals surface area contributed by atoms with Gasteiger partial charge in [0.15, 0.2) is 0 Å². The summed E-state index contributed by atoms with van der Waals surface area (Å²) in [7, 11) is -4.75. The molecule has 1 saturated carbocycles. The zero-order valence-electron chi connectivity index (χ0n) is 19.6. The summed E-state index contributed by atoms with van der Waals surface area (Å²) in [6, 6.07) is 0. The molecule has 1 spiro atoms. The molecule has 2 fully saturated rings. The molecular formula is C23H39N2O8P. The monoisotopic (exact) mass is 502 g/mol. The van der Waals surface area contributed by atoms with Gasteiger partial charge in [-0.15, -0.1) is 0 Å². The lowest BCUT2D eigenvalue weighted by atomic mass is 9.63. The molecule has 1 amide bonds. The van der Waals surface area contributed by atoms with E-state index in [1.54, 1.807) is 6.08 Å². The number of allylic oxidation sites excluding steroid dienone is 1. The molecular weight excluding hydrogens is 463 g/mol. The van der Waals surface area contributed by atoms with Gasteiger partial charge in [-0.2, -0.15) is 4.99 Å². The molecule has 0 radical (unpaired) electrons. The van der Waals surface area contributed by atoms with Gasteiger partial charge in [0.2, 0.25) is 5.91 Å². The van der Waals surface area contributed by atoms with Gasteiger partial charge in [-0.25, -0.2) is 4.57 Å². The number of rotatable bonds is 4. The number of carbonyl (C=O) groups is 1. The third kappa shape index (κ3) is 7.43. The van der Waals surface area contributed by atoms with Crippen molar-refractivity contribution in [2.45, 2.75) is 101 Å². The number of aliphatic hydroxyl groups is 2. The molecule has 6 unspecified atom stereocenters. The summed E-state index contributed by atoms with van der Waals surface area (Å²) in [6.07, 6.45) is 10.1. The number of amides is 1. The number of phosphoric acid groups is 1. The van der Waals surface area contributed by atoms with Crippen molar-refractivity contribution in [1.82, 2.24) is 0 Å². The largest absolute Gasteiger partial charge is 0.469 e. The number of ether oxygens (including phenoxy) is 1. The molecule has 194 valence electrons. The first-order valence-corrected chi connectivity index (χ1v) is 13.9. The molecule has 3 rings (SSSR count). The molecule has 6 atom stereocenters. The Morgan fingerprint density at radius 2 is 1.71 bits per heavy atom. The molecule has 1 saturated heterocycles. The Kier molecular flexibility index (Phi) is 9.86. The normalized spacial score (nSPS) is 36.9. The molecule has 2 aliphatic heterocycles. The van der Waals surface area contributed by atoms with Crippen molar-refractivity contribution in [2.75, 3.05) is 6.61 Å². The van der Waals surface area contributed by atoms with Crippen LogP contribution in [-0.2, 0) is 18.6 Å². The summed E-state index contributed by atoms with van der Waals surface area (Å²) in [6.45, 7) is -0.535. The van der Waals surface area contributed by atoms with Crippen LogP contribution in [0.2, 0.25) is 0 Å². The number of aliphatic imine (C=N–C) groups is 1. The minimum Gasteiger partial charge on any atom is -0.388 e. The molecule has 1 aliphatic carbocycles. The van der Waals surface area contributed by atoms with Crippen LogP contribution in [0, 0.1) is 11.3 Å². The summed E-state index contributed by atoms with van der Waals surface area (Å²) in [5.74, 6) is -0.367. The lowest BCUT2D eigenvalue weighted by molar-refractivity contribution is -0.119. The Bertz CT molecular complexity index is 800. The molecule has 34 heavy (non-hydrogen) atoms. The Morgan fingerprint density at radius 3 is 2.38 bits per heavy atom. The van der Waals surface area contributed by atoms with Gasteiger partial charge < -0.3 is 30.5 Å². The SMILES string of the molecule is NC1=NC(=O)CCC2(C=C1)CCCCCCCCCCC2C1OC(COP(=O)(O)O)C(O)C1O. The van der Waals surface area contributed by atoms with Crippen LogP contribution < -0.4 is 5.73 Å². The van der Waals surface area contributed by atoms with Crippen molar-refractivity contribution in [3.63, 3.8) is 0 Å². The van der Waals surface area contributed by atoms with Crippen molar-refractivity contribution in [3.8, 4) is 0 Å². The van der Waals surface area contributed by atoms with E-state index in [4.69, 9.17) is 20.3 Å². The maximum atomic E-state index is 12.3. The molecule has 10 nitrogen and oxygen atoms in total. The lowest BCUT2D eigenvalue weighted by Gasteiger charge is -2.43. The van der Waals surface area contributed by atoms with Crippen LogP contribution in [0.5, 0.6) is 0 Å². The number of nitrogens with zero attached hydrogens (tertiary/aromatic N) is 1. The fourth-order valence-electron chi connectivity index (χ4n) is 5.69. The number of phosphoric ester groups is 1. The second-order valence-corrected chi connectivity index (χ2v) is 11.1. The van der Waals surface area contributed by atoms with Crippen molar-refractivity contribution >= 4 is 19.6 Å². The zero-order chi connectivity index (χ0) is 24.8. The highest BCUT2D eigenvalue weighted by Crippen LogP contribution is 2.49. The minimum absolute atomic E-state index is 0.148. The Hall–Kier alpha value is -1.13. The zero-order valence-corrected chi connectivity index (χ0v) is 20.5. The van der Waals surface area contributed by atoms with Gasteiger partial charge in [-0.05, 0) is 36.7 Å². The number of aliphatic hydroxyl groups excluding tert-OH is 2. The van der Waals surface area contributed by atoms with Crippen LogP contribution >= 0.6 is 7.82 Å². The maximum absolute atomic E-state index is 12.3. The number of amidine groups is 1. The molecule has 0 bridgehead atoms. The maximum Gasteiger partial charge on any atom is 0.469 e. The standard InChI is InChI=1S/C23H39N2O8P/c24-18-10-13-23(14-11-19(26)25-18)12-8-6-4-2-1-3-5-7-9-16(23)22-21(28)20(27)17(33-22)15-32-34(29,30)31/h10,13,16-17,20-22,27-28H,1-9,11-12,14-15H2,(H2,24,25,26)(H2,29,30,31). The highest BCUT2D eigenvalue weighted by molar-refractivity contribution is 7.46. The molecule has 0 aromatic heterocycles. The molecule has 0 aromatic rings. The van der Waals surface area contributed by atoms with Crippen molar-refractivity contribution in [1.29, 1.82) is 0 Å². The predicted molar refractivity (Wildman–Crippen MR) is 126 cm³/mol. The highest BCUT2D eigenvalue weighted by Gasteiger charge is 2.52.